The van der Waals surface area contributed by atoms with Crippen LogP contribution in [0.15, 0.2) is 0 Å². The Balaban J connectivity index is 3.61. The van der Waals surface area contributed by atoms with Gasteiger partial charge in [-0.2, -0.15) is 0 Å². The lowest BCUT2D eigenvalue weighted by Gasteiger charge is -2.10. The average Bonchev–Trinajstić information content (AvgIpc) is 1.84. The molecule has 0 fully saturated rings. The van der Waals surface area contributed by atoms with Gasteiger partial charge >= 0.3 is 5.97 Å². The first kappa shape index (κ1) is 10.9. The van der Waals surface area contributed by atoms with Crippen LogP contribution in [0.2, 0.25) is 0 Å². The Kier molecular flexibility index (Phi) is 5.08. The Morgan fingerprint density at radius 3 is 2.50 bits per heavy atom. The SMILES string of the molecule is CCOC(=O)CC(C)NC(C)=O. The van der Waals surface area contributed by atoms with Gasteiger partial charge in [-0.3, -0.25) is 9.59 Å². The van der Waals surface area contributed by atoms with Crippen LogP contribution in [0.5, 0.6) is 0 Å². The second-order valence-corrected chi connectivity index (χ2v) is 2.61. The maximum atomic E-state index is 10.9. The molecule has 0 aromatic heterocycles. The molecule has 0 saturated heterocycles. The summed E-state index contributed by atoms with van der Waals surface area (Å²) in [6.07, 6.45) is 0.230. The second kappa shape index (κ2) is 5.57. The Morgan fingerprint density at radius 1 is 1.50 bits per heavy atom. The molecule has 0 radical (unpaired) electrons. The van der Waals surface area contributed by atoms with Crippen molar-refractivity contribution in [2.45, 2.75) is 33.2 Å². The molecule has 1 unspecified atom stereocenters. The molecule has 1 atom stereocenters. The van der Waals surface area contributed by atoms with Crippen molar-refractivity contribution in [3.8, 4) is 0 Å². The minimum atomic E-state index is -0.279. The standard InChI is InChI=1S/C8H15NO3/c1-4-12-8(11)5-6(2)9-7(3)10/h6H,4-5H2,1-3H3,(H,9,10). The van der Waals surface area contributed by atoms with Gasteiger partial charge in [0.25, 0.3) is 0 Å². The predicted molar refractivity (Wildman–Crippen MR) is 44.5 cm³/mol. The van der Waals surface area contributed by atoms with Crippen molar-refractivity contribution < 1.29 is 14.3 Å². The van der Waals surface area contributed by atoms with Gasteiger partial charge in [-0.1, -0.05) is 0 Å². The fourth-order valence-electron chi connectivity index (χ4n) is 0.868. The lowest BCUT2D eigenvalue weighted by molar-refractivity contribution is -0.143. The molecule has 0 bridgehead atoms. The van der Waals surface area contributed by atoms with Crippen LogP contribution in [0, 0.1) is 0 Å². The molecule has 0 spiro atoms. The third-order valence-corrected chi connectivity index (χ3v) is 1.23. The monoisotopic (exact) mass is 173 g/mol. The van der Waals surface area contributed by atoms with Gasteiger partial charge in [0.1, 0.15) is 0 Å². The molecule has 0 heterocycles. The van der Waals surface area contributed by atoms with E-state index < -0.39 is 0 Å². The summed E-state index contributed by atoms with van der Waals surface area (Å²) >= 11 is 0. The lowest BCUT2D eigenvalue weighted by Crippen LogP contribution is -2.32. The number of esters is 1. The fourth-order valence-corrected chi connectivity index (χ4v) is 0.868. The van der Waals surface area contributed by atoms with Crippen LogP contribution in [0.4, 0.5) is 0 Å². The molecule has 0 rings (SSSR count). The van der Waals surface area contributed by atoms with Crippen molar-refractivity contribution in [1.82, 2.24) is 5.32 Å². The number of amides is 1. The number of carbonyl (C=O) groups excluding carboxylic acids is 2. The van der Waals surface area contributed by atoms with Crippen molar-refractivity contribution >= 4 is 11.9 Å². The summed E-state index contributed by atoms with van der Waals surface area (Å²) < 4.78 is 4.70. The van der Waals surface area contributed by atoms with E-state index in [1.165, 1.54) is 6.92 Å². The van der Waals surface area contributed by atoms with Crippen molar-refractivity contribution in [1.29, 1.82) is 0 Å². The van der Waals surface area contributed by atoms with Crippen molar-refractivity contribution in [2.75, 3.05) is 6.61 Å². The zero-order valence-corrected chi connectivity index (χ0v) is 7.72. The number of hydrogen-bond donors (Lipinski definition) is 1. The van der Waals surface area contributed by atoms with Gasteiger partial charge in [0.2, 0.25) is 5.91 Å². The highest BCUT2D eigenvalue weighted by atomic mass is 16.5. The molecule has 1 N–H and O–H groups in total. The minimum absolute atomic E-state index is 0.133. The molecule has 70 valence electrons. The van der Waals surface area contributed by atoms with E-state index in [0.717, 1.165) is 0 Å². The Labute approximate surface area is 72.3 Å². The number of carbonyl (C=O) groups is 2. The van der Waals surface area contributed by atoms with Crippen molar-refractivity contribution in [3.05, 3.63) is 0 Å². The van der Waals surface area contributed by atoms with Crippen LogP contribution in [0.25, 0.3) is 0 Å². The van der Waals surface area contributed by atoms with Crippen LogP contribution >= 0.6 is 0 Å². The van der Waals surface area contributed by atoms with Crippen LogP contribution < -0.4 is 5.32 Å². The van der Waals surface area contributed by atoms with E-state index in [-0.39, 0.29) is 24.3 Å². The Hall–Kier alpha value is -1.06. The maximum absolute atomic E-state index is 10.9. The predicted octanol–water partition coefficient (Wildman–Crippen LogP) is 0.464. The fraction of sp³-hybridized carbons (Fsp3) is 0.750. The van der Waals surface area contributed by atoms with Crippen molar-refractivity contribution in [2.24, 2.45) is 0 Å². The van der Waals surface area contributed by atoms with Gasteiger partial charge in [0, 0.05) is 13.0 Å². The molecule has 1 amide bonds. The molecule has 4 nitrogen and oxygen atoms in total. The summed E-state index contributed by atoms with van der Waals surface area (Å²) in [4.78, 5) is 21.4. The lowest BCUT2D eigenvalue weighted by atomic mass is 10.2. The molecule has 4 heteroatoms. The van der Waals surface area contributed by atoms with Gasteiger partial charge in [-0.05, 0) is 13.8 Å². The van der Waals surface area contributed by atoms with Gasteiger partial charge in [0.05, 0.1) is 13.0 Å². The smallest absolute Gasteiger partial charge is 0.307 e. The number of hydrogen-bond acceptors (Lipinski definition) is 3. The van der Waals surface area contributed by atoms with E-state index >= 15 is 0 Å². The van der Waals surface area contributed by atoms with Gasteiger partial charge in [-0.25, -0.2) is 0 Å². The second-order valence-electron chi connectivity index (χ2n) is 2.61. The zero-order valence-electron chi connectivity index (χ0n) is 7.72. The van der Waals surface area contributed by atoms with E-state index in [9.17, 15) is 9.59 Å². The van der Waals surface area contributed by atoms with Gasteiger partial charge < -0.3 is 10.1 Å². The first-order chi connectivity index (χ1) is 5.56. The van der Waals surface area contributed by atoms with E-state index in [1.54, 1.807) is 13.8 Å². The van der Waals surface area contributed by atoms with Gasteiger partial charge in [-0.15, -0.1) is 0 Å². The zero-order chi connectivity index (χ0) is 9.56. The molecular weight excluding hydrogens is 158 g/mol. The van der Waals surface area contributed by atoms with Crippen LogP contribution in [0.1, 0.15) is 27.2 Å². The Bertz CT molecular complexity index is 168. The maximum Gasteiger partial charge on any atom is 0.307 e. The highest BCUT2D eigenvalue weighted by Gasteiger charge is 2.09. The van der Waals surface area contributed by atoms with E-state index in [4.69, 9.17) is 4.74 Å². The van der Waals surface area contributed by atoms with Gasteiger partial charge in [0.15, 0.2) is 0 Å². The topological polar surface area (TPSA) is 55.4 Å². The first-order valence-electron chi connectivity index (χ1n) is 3.99. The minimum Gasteiger partial charge on any atom is -0.466 e. The number of nitrogens with one attached hydrogen (secondary N) is 1. The largest absolute Gasteiger partial charge is 0.466 e. The molecule has 0 saturated carbocycles. The third-order valence-electron chi connectivity index (χ3n) is 1.23. The van der Waals surface area contributed by atoms with Crippen LogP contribution in [-0.2, 0) is 14.3 Å². The highest BCUT2D eigenvalue weighted by Crippen LogP contribution is 1.93. The molecule has 0 aliphatic carbocycles. The summed E-state index contributed by atoms with van der Waals surface area (Å²) in [5, 5.41) is 2.59. The molecule has 0 aliphatic heterocycles. The van der Waals surface area contributed by atoms with Crippen LogP contribution in [0.3, 0.4) is 0 Å². The molecule has 0 aliphatic rings. The molecule has 0 aromatic carbocycles. The highest BCUT2D eigenvalue weighted by molar-refractivity contribution is 5.75. The Morgan fingerprint density at radius 2 is 2.08 bits per heavy atom. The van der Waals surface area contributed by atoms with Crippen LogP contribution in [-0.4, -0.2) is 24.5 Å². The van der Waals surface area contributed by atoms with E-state index in [2.05, 4.69) is 5.32 Å². The number of ether oxygens (including phenoxy) is 1. The van der Waals surface area contributed by atoms with E-state index in [0.29, 0.717) is 6.61 Å². The quantitative estimate of drug-likeness (QED) is 0.628. The molecule has 0 aromatic rings. The summed E-state index contributed by atoms with van der Waals surface area (Å²) in [7, 11) is 0. The van der Waals surface area contributed by atoms with Crippen molar-refractivity contribution in [3.63, 3.8) is 0 Å². The molecule has 12 heavy (non-hydrogen) atoms. The molecular formula is C8H15NO3. The number of rotatable bonds is 4. The first-order valence-corrected chi connectivity index (χ1v) is 3.99. The summed E-state index contributed by atoms with van der Waals surface area (Å²) in [6.45, 7) is 5.31. The average molecular weight is 173 g/mol. The third kappa shape index (κ3) is 5.70. The summed E-state index contributed by atoms with van der Waals surface area (Å²) in [6, 6.07) is -0.151. The van der Waals surface area contributed by atoms with E-state index in [1.807, 2.05) is 0 Å². The summed E-state index contributed by atoms with van der Waals surface area (Å²) in [5.41, 5.74) is 0. The normalized spacial score (nSPS) is 11.9. The summed E-state index contributed by atoms with van der Waals surface area (Å²) in [5.74, 6) is -0.412.